The molecule has 0 spiro atoms. The molecule has 27 heavy (non-hydrogen) atoms. The highest BCUT2D eigenvalue weighted by Crippen LogP contribution is 2.31. The first-order valence-electron chi connectivity index (χ1n) is 9.18. The number of para-hydroxylation sites is 1. The van der Waals surface area contributed by atoms with E-state index < -0.39 is 0 Å². The Morgan fingerprint density at radius 2 is 2.00 bits per heavy atom. The van der Waals surface area contributed by atoms with E-state index in [1.54, 1.807) is 7.11 Å². The van der Waals surface area contributed by atoms with E-state index in [0.29, 0.717) is 6.04 Å². The van der Waals surface area contributed by atoms with E-state index in [-0.39, 0.29) is 12.4 Å². The van der Waals surface area contributed by atoms with Gasteiger partial charge >= 0.3 is 0 Å². The van der Waals surface area contributed by atoms with Crippen LogP contribution in [0.5, 0.6) is 5.75 Å². The van der Waals surface area contributed by atoms with Crippen LogP contribution in [0.15, 0.2) is 54.6 Å². The normalized spacial score (nSPS) is 17.5. The largest absolute Gasteiger partial charge is 0.496 e. The van der Waals surface area contributed by atoms with Crippen LogP contribution in [-0.2, 0) is 6.54 Å². The first kappa shape index (κ1) is 19.6. The van der Waals surface area contributed by atoms with Gasteiger partial charge in [-0.05, 0) is 36.8 Å². The Morgan fingerprint density at radius 3 is 2.85 bits per heavy atom. The van der Waals surface area contributed by atoms with Gasteiger partial charge in [0.2, 0.25) is 0 Å². The molecule has 0 radical (unpaired) electrons. The van der Waals surface area contributed by atoms with Gasteiger partial charge in [0.15, 0.2) is 0 Å². The number of fused-ring (bicyclic) bond motifs is 1. The monoisotopic (exact) mass is 383 g/mol. The van der Waals surface area contributed by atoms with Gasteiger partial charge < -0.3 is 10.1 Å². The fourth-order valence-corrected chi connectivity index (χ4v) is 3.79. The maximum atomic E-state index is 5.60. The summed E-state index contributed by atoms with van der Waals surface area (Å²) in [5.74, 6) is 0.962. The third kappa shape index (κ3) is 4.24. The zero-order chi connectivity index (χ0) is 17.9. The standard InChI is InChI=1S/C22H25N3O.ClH/c1-16-7-9-18-13-17(8-10-20(18)24-16)15-25-12-11-23-14-21(25)19-5-3-4-6-22(19)26-2;/h3-10,13,21,23H,11-12,14-15H2,1-2H3;1H. The molecule has 3 aromatic rings. The van der Waals surface area contributed by atoms with Crippen molar-refractivity contribution < 1.29 is 4.74 Å². The van der Waals surface area contributed by atoms with Gasteiger partial charge in [0.1, 0.15) is 5.75 Å². The van der Waals surface area contributed by atoms with E-state index in [0.717, 1.165) is 43.1 Å². The Bertz CT molecular complexity index is 915. The molecule has 4 rings (SSSR count). The third-order valence-electron chi connectivity index (χ3n) is 5.13. The van der Waals surface area contributed by atoms with Crippen molar-refractivity contribution in [2.45, 2.75) is 19.5 Å². The Hall–Kier alpha value is -2.14. The summed E-state index contributed by atoms with van der Waals surface area (Å²) in [5.41, 5.74) is 4.70. The maximum absolute atomic E-state index is 5.60. The summed E-state index contributed by atoms with van der Waals surface area (Å²) >= 11 is 0. The summed E-state index contributed by atoms with van der Waals surface area (Å²) in [4.78, 5) is 7.15. The minimum absolute atomic E-state index is 0. The molecule has 1 atom stereocenters. The average Bonchev–Trinajstić information content (AvgIpc) is 2.68. The highest BCUT2D eigenvalue weighted by atomic mass is 35.5. The molecule has 1 N–H and O–H groups in total. The number of pyridine rings is 1. The molecule has 5 heteroatoms. The molecule has 4 nitrogen and oxygen atoms in total. The number of methoxy groups -OCH3 is 1. The van der Waals surface area contributed by atoms with Crippen LogP contribution in [0.2, 0.25) is 0 Å². The first-order chi connectivity index (χ1) is 12.7. The van der Waals surface area contributed by atoms with E-state index in [1.165, 1.54) is 16.5 Å². The number of nitrogens with zero attached hydrogens (tertiary/aromatic N) is 2. The van der Waals surface area contributed by atoms with Crippen molar-refractivity contribution in [3.63, 3.8) is 0 Å². The molecule has 1 aliphatic heterocycles. The Balaban J connectivity index is 0.00000210. The van der Waals surface area contributed by atoms with E-state index >= 15 is 0 Å². The summed E-state index contributed by atoms with van der Waals surface area (Å²) in [5, 5.41) is 4.73. The van der Waals surface area contributed by atoms with Crippen molar-refractivity contribution in [3.05, 3.63) is 71.4 Å². The van der Waals surface area contributed by atoms with E-state index in [1.807, 2.05) is 19.1 Å². The van der Waals surface area contributed by atoms with Crippen LogP contribution in [-0.4, -0.2) is 36.6 Å². The summed E-state index contributed by atoms with van der Waals surface area (Å²) < 4.78 is 5.60. The van der Waals surface area contributed by atoms with Gasteiger partial charge in [-0.1, -0.05) is 30.3 Å². The predicted molar refractivity (Wildman–Crippen MR) is 113 cm³/mol. The second kappa shape index (κ2) is 8.70. The molecular formula is C22H26ClN3O. The molecular weight excluding hydrogens is 358 g/mol. The van der Waals surface area contributed by atoms with Crippen LogP contribution < -0.4 is 10.1 Å². The topological polar surface area (TPSA) is 37.4 Å². The van der Waals surface area contributed by atoms with Crippen molar-refractivity contribution in [2.75, 3.05) is 26.7 Å². The van der Waals surface area contributed by atoms with Gasteiger partial charge in [-0.15, -0.1) is 12.4 Å². The number of hydrogen-bond acceptors (Lipinski definition) is 4. The molecule has 0 saturated carbocycles. The predicted octanol–water partition coefficient (Wildman–Crippen LogP) is 4.12. The molecule has 1 aliphatic rings. The molecule has 1 aromatic heterocycles. The molecule has 1 saturated heterocycles. The van der Waals surface area contributed by atoms with Crippen LogP contribution in [0.1, 0.15) is 22.9 Å². The van der Waals surface area contributed by atoms with E-state index in [2.05, 4.69) is 57.7 Å². The molecule has 0 bridgehead atoms. The lowest BCUT2D eigenvalue weighted by Gasteiger charge is -2.37. The van der Waals surface area contributed by atoms with Gasteiger partial charge in [-0.2, -0.15) is 0 Å². The number of aromatic nitrogens is 1. The van der Waals surface area contributed by atoms with E-state index in [9.17, 15) is 0 Å². The third-order valence-corrected chi connectivity index (χ3v) is 5.13. The van der Waals surface area contributed by atoms with Crippen molar-refractivity contribution >= 4 is 23.3 Å². The zero-order valence-electron chi connectivity index (χ0n) is 15.8. The molecule has 2 aromatic carbocycles. The lowest BCUT2D eigenvalue weighted by molar-refractivity contribution is 0.151. The fourth-order valence-electron chi connectivity index (χ4n) is 3.79. The van der Waals surface area contributed by atoms with Crippen molar-refractivity contribution in [1.29, 1.82) is 0 Å². The molecule has 2 heterocycles. The zero-order valence-corrected chi connectivity index (χ0v) is 16.6. The van der Waals surface area contributed by atoms with Crippen LogP contribution in [0.25, 0.3) is 10.9 Å². The number of rotatable bonds is 4. The maximum Gasteiger partial charge on any atom is 0.123 e. The number of hydrogen-bond donors (Lipinski definition) is 1. The summed E-state index contributed by atoms with van der Waals surface area (Å²) in [6, 6.07) is 19.5. The lowest BCUT2D eigenvalue weighted by Crippen LogP contribution is -2.45. The van der Waals surface area contributed by atoms with Crippen LogP contribution in [0, 0.1) is 6.92 Å². The quantitative estimate of drug-likeness (QED) is 0.735. The molecule has 1 unspecified atom stereocenters. The summed E-state index contributed by atoms with van der Waals surface area (Å²) in [6.45, 7) is 5.93. The minimum Gasteiger partial charge on any atom is -0.496 e. The number of aryl methyl sites for hydroxylation is 1. The number of halogens is 1. The average molecular weight is 384 g/mol. The van der Waals surface area contributed by atoms with Crippen LogP contribution in [0.3, 0.4) is 0 Å². The summed E-state index contributed by atoms with van der Waals surface area (Å²) in [7, 11) is 1.75. The number of benzene rings is 2. The van der Waals surface area contributed by atoms with Crippen LogP contribution >= 0.6 is 12.4 Å². The number of nitrogens with one attached hydrogen (secondary N) is 1. The molecule has 142 valence electrons. The second-order valence-electron chi connectivity index (χ2n) is 6.91. The molecule has 0 amide bonds. The fraction of sp³-hybridized carbons (Fsp3) is 0.318. The highest BCUT2D eigenvalue weighted by molar-refractivity contribution is 5.85. The van der Waals surface area contributed by atoms with Crippen LogP contribution in [0.4, 0.5) is 0 Å². The smallest absolute Gasteiger partial charge is 0.123 e. The SMILES string of the molecule is COc1ccccc1C1CNCCN1Cc1ccc2nc(C)ccc2c1.Cl. The molecule has 1 fully saturated rings. The van der Waals surface area contributed by atoms with Gasteiger partial charge in [-0.25, -0.2) is 0 Å². The lowest BCUT2D eigenvalue weighted by atomic mass is 10.0. The van der Waals surface area contributed by atoms with Crippen molar-refractivity contribution in [3.8, 4) is 5.75 Å². The second-order valence-corrected chi connectivity index (χ2v) is 6.91. The number of piperazine rings is 1. The highest BCUT2D eigenvalue weighted by Gasteiger charge is 2.26. The first-order valence-corrected chi connectivity index (χ1v) is 9.18. The minimum atomic E-state index is 0. The van der Waals surface area contributed by atoms with E-state index in [4.69, 9.17) is 4.74 Å². The van der Waals surface area contributed by atoms with Gasteiger partial charge in [0.25, 0.3) is 0 Å². The summed E-state index contributed by atoms with van der Waals surface area (Å²) in [6.07, 6.45) is 0. The van der Waals surface area contributed by atoms with Gasteiger partial charge in [0, 0.05) is 42.8 Å². The Morgan fingerprint density at radius 1 is 1.15 bits per heavy atom. The van der Waals surface area contributed by atoms with Gasteiger partial charge in [0.05, 0.1) is 18.7 Å². The van der Waals surface area contributed by atoms with Crippen molar-refractivity contribution in [1.82, 2.24) is 15.2 Å². The Labute approximate surface area is 167 Å². The Kier molecular flexibility index (Phi) is 6.32. The molecule has 0 aliphatic carbocycles. The van der Waals surface area contributed by atoms with Crippen molar-refractivity contribution in [2.24, 2.45) is 0 Å². The number of ether oxygens (including phenoxy) is 1. The van der Waals surface area contributed by atoms with Gasteiger partial charge in [-0.3, -0.25) is 9.88 Å².